The minimum absolute atomic E-state index is 0.274. The SMILES string of the molecule is CCNC(=NCC1CC1)NCCc1ccc(OC)cc1O. The molecule has 0 atom stereocenters. The number of ether oxygens (including phenoxy) is 1. The van der Waals surface area contributed by atoms with Crippen LogP contribution in [0.1, 0.15) is 25.3 Å². The Bertz CT molecular complexity index is 484. The van der Waals surface area contributed by atoms with E-state index in [9.17, 15) is 5.11 Å². The first-order valence-corrected chi connectivity index (χ1v) is 7.61. The van der Waals surface area contributed by atoms with E-state index in [1.165, 1.54) is 12.8 Å². The van der Waals surface area contributed by atoms with Crippen LogP contribution in [-0.4, -0.2) is 37.8 Å². The molecule has 0 aliphatic heterocycles. The Morgan fingerprint density at radius 1 is 1.38 bits per heavy atom. The highest BCUT2D eigenvalue weighted by molar-refractivity contribution is 5.79. The molecule has 2 rings (SSSR count). The molecule has 0 radical (unpaired) electrons. The molecule has 0 heterocycles. The number of nitrogens with zero attached hydrogens (tertiary/aromatic N) is 1. The van der Waals surface area contributed by atoms with Crippen molar-refractivity contribution in [3.05, 3.63) is 23.8 Å². The van der Waals surface area contributed by atoms with Crippen molar-refractivity contribution in [1.29, 1.82) is 0 Å². The molecule has 21 heavy (non-hydrogen) atoms. The molecule has 1 aromatic rings. The predicted octanol–water partition coefficient (Wildman–Crippen LogP) is 1.91. The number of phenols is 1. The lowest BCUT2D eigenvalue weighted by atomic mass is 10.1. The van der Waals surface area contributed by atoms with Gasteiger partial charge in [0.25, 0.3) is 0 Å². The molecular weight excluding hydrogens is 266 g/mol. The van der Waals surface area contributed by atoms with E-state index in [0.29, 0.717) is 5.75 Å². The smallest absolute Gasteiger partial charge is 0.191 e. The lowest BCUT2D eigenvalue weighted by molar-refractivity contribution is 0.406. The average molecular weight is 291 g/mol. The summed E-state index contributed by atoms with van der Waals surface area (Å²) < 4.78 is 5.08. The van der Waals surface area contributed by atoms with E-state index in [1.54, 1.807) is 13.2 Å². The van der Waals surface area contributed by atoms with Gasteiger partial charge in [-0.1, -0.05) is 6.07 Å². The second-order valence-corrected chi connectivity index (χ2v) is 5.33. The summed E-state index contributed by atoms with van der Waals surface area (Å²) in [6, 6.07) is 5.40. The fourth-order valence-electron chi connectivity index (χ4n) is 2.06. The van der Waals surface area contributed by atoms with Crippen molar-refractivity contribution >= 4 is 5.96 Å². The highest BCUT2D eigenvalue weighted by Crippen LogP contribution is 2.28. The lowest BCUT2D eigenvalue weighted by Gasteiger charge is -2.12. The zero-order valence-electron chi connectivity index (χ0n) is 12.9. The Hall–Kier alpha value is -1.91. The van der Waals surface area contributed by atoms with Crippen LogP contribution < -0.4 is 15.4 Å². The zero-order valence-corrected chi connectivity index (χ0v) is 12.9. The highest BCUT2D eigenvalue weighted by atomic mass is 16.5. The van der Waals surface area contributed by atoms with Gasteiger partial charge in [-0.05, 0) is 43.7 Å². The molecule has 0 aromatic heterocycles. The Balaban J connectivity index is 1.81. The van der Waals surface area contributed by atoms with Crippen molar-refractivity contribution in [2.45, 2.75) is 26.2 Å². The number of methoxy groups -OCH3 is 1. The van der Waals surface area contributed by atoms with Gasteiger partial charge in [-0.25, -0.2) is 0 Å². The third-order valence-electron chi connectivity index (χ3n) is 3.53. The molecule has 1 aromatic carbocycles. The molecule has 0 bridgehead atoms. The predicted molar refractivity (Wildman–Crippen MR) is 85.1 cm³/mol. The Labute approximate surface area is 126 Å². The van der Waals surface area contributed by atoms with Crippen molar-refractivity contribution < 1.29 is 9.84 Å². The first kappa shape index (κ1) is 15.5. The van der Waals surface area contributed by atoms with E-state index in [1.807, 2.05) is 12.1 Å². The average Bonchev–Trinajstić information content (AvgIpc) is 3.30. The van der Waals surface area contributed by atoms with E-state index in [-0.39, 0.29) is 5.75 Å². The molecule has 116 valence electrons. The summed E-state index contributed by atoms with van der Waals surface area (Å²) in [4.78, 5) is 4.57. The van der Waals surface area contributed by atoms with Gasteiger partial charge in [0.1, 0.15) is 11.5 Å². The van der Waals surface area contributed by atoms with Crippen molar-refractivity contribution in [2.24, 2.45) is 10.9 Å². The number of nitrogens with one attached hydrogen (secondary N) is 2. The van der Waals surface area contributed by atoms with E-state index in [4.69, 9.17) is 4.74 Å². The van der Waals surface area contributed by atoms with Crippen LogP contribution in [0.25, 0.3) is 0 Å². The molecule has 5 nitrogen and oxygen atoms in total. The quantitative estimate of drug-likeness (QED) is 0.530. The summed E-state index contributed by atoms with van der Waals surface area (Å²) >= 11 is 0. The molecule has 0 saturated heterocycles. The molecule has 1 fully saturated rings. The first-order chi connectivity index (χ1) is 10.2. The van der Waals surface area contributed by atoms with Crippen molar-refractivity contribution in [1.82, 2.24) is 10.6 Å². The van der Waals surface area contributed by atoms with Gasteiger partial charge in [-0.3, -0.25) is 4.99 Å². The van der Waals surface area contributed by atoms with Gasteiger partial charge in [0.05, 0.1) is 7.11 Å². The molecule has 0 amide bonds. The van der Waals surface area contributed by atoms with Crippen molar-refractivity contribution in [3.63, 3.8) is 0 Å². The molecule has 1 saturated carbocycles. The molecule has 3 N–H and O–H groups in total. The third-order valence-corrected chi connectivity index (χ3v) is 3.53. The summed E-state index contributed by atoms with van der Waals surface area (Å²) in [7, 11) is 1.59. The maximum atomic E-state index is 9.92. The number of benzene rings is 1. The van der Waals surface area contributed by atoms with Gasteiger partial charge in [-0.15, -0.1) is 0 Å². The summed E-state index contributed by atoms with van der Waals surface area (Å²) in [5.74, 6) is 2.59. The summed E-state index contributed by atoms with van der Waals surface area (Å²) in [6.07, 6.45) is 3.36. The number of aromatic hydroxyl groups is 1. The van der Waals surface area contributed by atoms with Crippen molar-refractivity contribution in [2.75, 3.05) is 26.7 Å². The van der Waals surface area contributed by atoms with Crippen LogP contribution in [0.15, 0.2) is 23.2 Å². The number of hydrogen-bond donors (Lipinski definition) is 3. The van der Waals surface area contributed by atoms with Crippen LogP contribution in [-0.2, 0) is 6.42 Å². The Kier molecular flexibility index (Phi) is 5.72. The fraction of sp³-hybridized carbons (Fsp3) is 0.562. The van der Waals surface area contributed by atoms with Gasteiger partial charge in [0.15, 0.2) is 5.96 Å². The number of guanidine groups is 1. The van der Waals surface area contributed by atoms with E-state index >= 15 is 0 Å². The second-order valence-electron chi connectivity index (χ2n) is 5.33. The molecule has 5 heteroatoms. The largest absolute Gasteiger partial charge is 0.508 e. The monoisotopic (exact) mass is 291 g/mol. The standard InChI is InChI=1S/C16H25N3O2/c1-3-17-16(19-11-12-4-5-12)18-9-8-13-6-7-14(21-2)10-15(13)20/h6-7,10,12,20H,3-5,8-9,11H2,1-2H3,(H2,17,18,19). The van der Waals surface area contributed by atoms with Gasteiger partial charge >= 0.3 is 0 Å². The van der Waals surface area contributed by atoms with Crippen LogP contribution in [0.2, 0.25) is 0 Å². The number of phenolic OH excluding ortho intramolecular Hbond substituents is 1. The van der Waals surface area contributed by atoms with Gasteiger partial charge in [0.2, 0.25) is 0 Å². The van der Waals surface area contributed by atoms with Crippen LogP contribution in [0, 0.1) is 5.92 Å². The summed E-state index contributed by atoms with van der Waals surface area (Å²) in [5.41, 5.74) is 0.904. The molecule has 1 aliphatic carbocycles. The van der Waals surface area contributed by atoms with Gasteiger partial charge in [0, 0.05) is 25.7 Å². The molecule has 0 unspecified atom stereocenters. The normalized spacial score (nSPS) is 14.9. The van der Waals surface area contributed by atoms with E-state index in [0.717, 1.165) is 43.5 Å². The van der Waals surface area contributed by atoms with Gasteiger partial charge < -0.3 is 20.5 Å². The fourth-order valence-corrected chi connectivity index (χ4v) is 2.06. The zero-order chi connectivity index (χ0) is 15.1. The maximum Gasteiger partial charge on any atom is 0.191 e. The van der Waals surface area contributed by atoms with E-state index in [2.05, 4.69) is 22.5 Å². The molecule has 0 spiro atoms. The van der Waals surface area contributed by atoms with Gasteiger partial charge in [-0.2, -0.15) is 0 Å². The maximum absolute atomic E-state index is 9.92. The topological polar surface area (TPSA) is 65.9 Å². The summed E-state index contributed by atoms with van der Waals surface area (Å²) in [6.45, 7) is 4.55. The van der Waals surface area contributed by atoms with Crippen molar-refractivity contribution in [3.8, 4) is 11.5 Å². The number of rotatable bonds is 7. The van der Waals surface area contributed by atoms with Crippen LogP contribution in [0.3, 0.4) is 0 Å². The number of hydrogen-bond acceptors (Lipinski definition) is 3. The Morgan fingerprint density at radius 2 is 2.19 bits per heavy atom. The molecular formula is C16H25N3O2. The van der Waals surface area contributed by atoms with E-state index < -0.39 is 0 Å². The van der Waals surface area contributed by atoms with Crippen LogP contribution in [0.4, 0.5) is 0 Å². The minimum atomic E-state index is 0.274. The summed E-state index contributed by atoms with van der Waals surface area (Å²) in [5, 5.41) is 16.5. The minimum Gasteiger partial charge on any atom is -0.508 e. The third kappa shape index (κ3) is 5.17. The lowest BCUT2D eigenvalue weighted by Crippen LogP contribution is -2.38. The van der Waals surface area contributed by atoms with Crippen LogP contribution >= 0.6 is 0 Å². The van der Waals surface area contributed by atoms with Crippen LogP contribution in [0.5, 0.6) is 11.5 Å². The second kappa shape index (κ2) is 7.76. The molecule has 1 aliphatic rings. The number of aliphatic imine (C=N–C) groups is 1. The first-order valence-electron chi connectivity index (χ1n) is 7.61. The Morgan fingerprint density at radius 3 is 2.81 bits per heavy atom. The highest BCUT2D eigenvalue weighted by Gasteiger charge is 2.20.